The van der Waals surface area contributed by atoms with Gasteiger partial charge in [-0.2, -0.15) is 0 Å². The van der Waals surface area contributed by atoms with Crippen LogP contribution in [0.5, 0.6) is 0 Å². The number of likely N-dealkylation sites (tertiary alicyclic amines) is 2. The van der Waals surface area contributed by atoms with Crippen LogP contribution in [0.25, 0.3) is 0 Å². The molecule has 3 atom stereocenters. The van der Waals surface area contributed by atoms with Gasteiger partial charge in [-0.25, -0.2) is 0 Å². The molecule has 6 heteroatoms. The summed E-state index contributed by atoms with van der Waals surface area (Å²) in [4.78, 5) is 36.4. The molecule has 156 valence electrons. The van der Waals surface area contributed by atoms with E-state index in [0.717, 1.165) is 69.7 Å². The van der Waals surface area contributed by atoms with Gasteiger partial charge >= 0.3 is 0 Å². The molecule has 4 aliphatic rings. The van der Waals surface area contributed by atoms with Crippen molar-refractivity contribution in [3.8, 4) is 0 Å². The summed E-state index contributed by atoms with van der Waals surface area (Å²) < 4.78 is 0. The number of rotatable bonds is 2. The average Bonchev–Trinajstić information content (AvgIpc) is 2.74. The van der Waals surface area contributed by atoms with Crippen LogP contribution in [-0.2, 0) is 4.79 Å². The number of carbonyl (C=O) groups is 2. The third kappa shape index (κ3) is 3.56. The minimum atomic E-state index is 0.126. The van der Waals surface area contributed by atoms with E-state index in [1.165, 1.54) is 12.8 Å². The summed E-state index contributed by atoms with van der Waals surface area (Å²) in [5, 5.41) is 0. The molecule has 0 unspecified atom stereocenters. The van der Waals surface area contributed by atoms with Gasteiger partial charge in [-0.15, -0.1) is 0 Å². The number of hydrogen-bond acceptors (Lipinski definition) is 4. The molecule has 0 aromatic carbocycles. The summed E-state index contributed by atoms with van der Waals surface area (Å²) >= 11 is 0. The highest BCUT2D eigenvalue weighted by atomic mass is 16.2. The van der Waals surface area contributed by atoms with Crippen LogP contribution in [0.1, 0.15) is 54.6 Å². The minimum absolute atomic E-state index is 0.126. The van der Waals surface area contributed by atoms with Gasteiger partial charge in [0.25, 0.3) is 5.91 Å². The predicted octanol–water partition coefficient (Wildman–Crippen LogP) is 2.33. The van der Waals surface area contributed by atoms with Crippen LogP contribution in [0.15, 0.2) is 18.3 Å². The van der Waals surface area contributed by atoms with Crippen molar-refractivity contribution < 1.29 is 9.59 Å². The fourth-order valence-corrected chi connectivity index (χ4v) is 6.26. The lowest BCUT2D eigenvalue weighted by Crippen LogP contribution is -2.62. The highest BCUT2D eigenvalue weighted by Gasteiger charge is 2.45. The maximum atomic E-state index is 12.9. The van der Waals surface area contributed by atoms with Crippen molar-refractivity contribution in [3.05, 3.63) is 29.6 Å². The zero-order valence-electron chi connectivity index (χ0n) is 17.4. The number of hydrogen-bond donors (Lipinski definition) is 0. The Balaban J connectivity index is 1.20. The van der Waals surface area contributed by atoms with Gasteiger partial charge in [-0.3, -0.25) is 19.5 Å². The quantitative estimate of drug-likeness (QED) is 0.770. The molecule has 6 nitrogen and oxygen atoms in total. The molecule has 4 saturated heterocycles. The van der Waals surface area contributed by atoms with E-state index >= 15 is 0 Å². The number of aromatic nitrogens is 1. The topological polar surface area (TPSA) is 56.8 Å². The van der Waals surface area contributed by atoms with Crippen LogP contribution < -0.4 is 0 Å². The first-order valence-electron chi connectivity index (χ1n) is 11.3. The van der Waals surface area contributed by atoms with Crippen LogP contribution in [-0.4, -0.2) is 76.3 Å². The lowest BCUT2D eigenvalue weighted by atomic mass is 9.75. The van der Waals surface area contributed by atoms with Gasteiger partial charge in [-0.1, -0.05) is 0 Å². The largest absolute Gasteiger partial charge is 0.339 e. The van der Waals surface area contributed by atoms with E-state index in [9.17, 15) is 9.59 Å². The van der Waals surface area contributed by atoms with Crippen LogP contribution in [0.3, 0.4) is 0 Å². The second-order valence-electron chi connectivity index (χ2n) is 9.48. The van der Waals surface area contributed by atoms with E-state index in [1.807, 2.05) is 24.0 Å². The summed E-state index contributed by atoms with van der Waals surface area (Å²) in [6.45, 7) is 6.79. The van der Waals surface area contributed by atoms with Crippen molar-refractivity contribution in [3.63, 3.8) is 0 Å². The molecule has 5 heterocycles. The number of piperidine rings is 4. The average molecular weight is 397 g/mol. The van der Waals surface area contributed by atoms with E-state index in [-0.39, 0.29) is 5.91 Å². The van der Waals surface area contributed by atoms with Gasteiger partial charge in [0.15, 0.2) is 0 Å². The first kappa shape index (κ1) is 19.0. The molecule has 1 aromatic heterocycles. The molecule has 0 spiro atoms. The maximum absolute atomic E-state index is 12.9. The predicted molar refractivity (Wildman–Crippen MR) is 110 cm³/mol. The minimum Gasteiger partial charge on any atom is -0.339 e. The monoisotopic (exact) mass is 396 g/mol. The van der Waals surface area contributed by atoms with Crippen molar-refractivity contribution in [1.82, 2.24) is 19.7 Å². The normalized spacial score (nSPS) is 30.9. The number of pyridine rings is 1. The summed E-state index contributed by atoms with van der Waals surface area (Å²) in [7, 11) is 0. The van der Waals surface area contributed by atoms with Gasteiger partial charge in [0, 0.05) is 63.1 Å². The van der Waals surface area contributed by atoms with Crippen LogP contribution >= 0.6 is 0 Å². The molecule has 1 aromatic rings. The van der Waals surface area contributed by atoms with Crippen molar-refractivity contribution in [2.45, 2.75) is 57.5 Å². The summed E-state index contributed by atoms with van der Waals surface area (Å²) in [5.74, 6) is 1.79. The molecule has 29 heavy (non-hydrogen) atoms. The van der Waals surface area contributed by atoms with E-state index in [0.29, 0.717) is 29.8 Å². The Morgan fingerprint density at radius 2 is 1.97 bits per heavy atom. The summed E-state index contributed by atoms with van der Waals surface area (Å²) in [6, 6.07) is 4.79. The second-order valence-corrected chi connectivity index (χ2v) is 9.48. The first-order chi connectivity index (χ1) is 14.1. The lowest BCUT2D eigenvalue weighted by Gasteiger charge is -2.54. The summed E-state index contributed by atoms with van der Waals surface area (Å²) in [6.07, 6.45) is 8.15. The van der Waals surface area contributed by atoms with Crippen LogP contribution in [0.2, 0.25) is 0 Å². The molecular formula is C23H32N4O2. The van der Waals surface area contributed by atoms with Gasteiger partial charge in [0.1, 0.15) is 0 Å². The molecule has 2 bridgehead atoms. The number of carbonyl (C=O) groups excluding carboxylic acids is 2. The van der Waals surface area contributed by atoms with E-state index in [4.69, 9.17) is 0 Å². The number of fused-ring (bicyclic) bond motifs is 4. The molecule has 4 fully saturated rings. The molecule has 0 aliphatic carbocycles. The smallest absolute Gasteiger partial charge is 0.255 e. The third-order valence-corrected chi connectivity index (χ3v) is 7.71. The van der Waals surface area contributed by atoms with Crippen molar-refractivity contribution >= 4 is 11.8 Å². The fraction of sp³-hybridized carbons (Fsp3) is 0.696. The van der Waals surface area contributed by atoms with Crippen LogP contribution in [0, 0.1) is 18.8 Å². The zero-order chi connectivity index (χ0) is 20.0. The van der Waals surface area contributed by atoms with Gasteiger partial charge in [-0.05, 0) is 63.0 Å². The molecule has 5 rings (SSSR count). The SMILES string of the molecule is Cc1ncccc1C(=O)N1CCC(N2C[C@H]3C[C@H](C2)[C@H]2CCCC(=O)N2C3)CC1. The Hall–Kier alpha value is -1.95. The van der Waals surface area contributed by atoms with E-state index < -0.39 is 0 Å². The highest BCUT2D eigenvalue weighted by molar-refractivity contribution is 5.95. The van der Waals surface area contributed by atoms with Gasteiger partial charge in [0.2, 0.25) is 5.91 Å². The Kier molecular flexibility index (Phi) is 5.06. The second kappa shape index (κ2) is 7.71. The third-order valence-electron chi connectivity index (χ3n) is 7.71. The molecule has 4 aliphatic heterocycles. The molecule has 0 radical (unpaired) electrons. The van der Waals surface area contributed by atoms with Crippen molar-refractivity contribution in [1.29, 1.82) is 0 Å². The van der Waals surface area contributed by atoms with Crippen LogP contribution in [0.4, 0.5) is 0 Å². The number of nitrogens with zero attached hydrogens (tertiary/aromatic N) is 4. The first-order valence-corrected chi connectivity index (χ1v) is 11.3. The van der Waals surface area contributed by atoms with Crippen molar-refractivity contribution in [2.24, 2.45) is 11.8 Å². The van der Waals surface area contributed by atoms with Gasteiger partial charge in [0.05, 0.1) is 5.56 Å². The molecule has 0 saturated carbocycles. The van der Waals surface area contributed by atoms with E-state index in [1.54, 1.807) is 6.20 Å². The Bertz CT molecular complexity index is 789. The number of amides is 2. The Morgan fingerprint density at radius 3 is 2.76 bits per heavy atom. The number of aryl methyl sites for hydroxylation is 1. The maximum Gasteiger partial charge on any atom is 0.255 e. The zero-order valence-corrected chi connectivity index (χ0v) is 17.4. The van der Waals surface area contributed by atoms with Crippen molar-refractivity contribution in [2.75, 3.05) is 32.7 Å². The fourth-order valence-electron chi connectivity index (χ4n) is 6.26. The van der Waals surface area contributed by atoms with Gasteiger partial charge < -0.3 is 9.80 Å². The summed E-state index contributed by atoms with van der Waals surface area (Å²) in [5.41, 5.74) is 1.55. The Labute approximate surface area is 173 Å². The molecular weight excluding hydrogens is 364 g/mol. The molecule has 0 N–H and O–H groups in total. The Morgan fingerprint density at radius 1 is 1.14 bits per heavy atom. The highest BCUT2D eigenvalue weighted by Crippen LogP contribution is 2.39. The van der Waals surface area contributed by atoms with E-state index in [2.05, 4.69) is 14.8 Å². The standard InChI is InChI=1S/C23H32N4O2/c1-16-20(4-3-9-24-16)23(29)25-10-7-19(8-11-25)26-13-17-12-18(15-26)21-5-2-6-22(28)27(21)14-17/h3-4,9,17-19,21H,2,5-8,10-15H2,1H3/t17-,18-,21-/m1/s1. The molecule has 2 amide bonds. The lowest BCUT2D eigenvalue weighted by molar-refractivity contribution is -0.145.